The Labute approximate surface area is 270 Å². The molecule has 2 aliphatic heterocycles. The Bertz CT molecular complexity index is 1380. The molecule has 1 saturated carbocycles. The number of unbranched alkanes of at least 4 members (excludes halogenated alkanes) is 1. The van der Waals surface area contributed by atoms with Crippen molar-refractivity contribution in [1.29, 1.82) is 0 Å². The number of hydrogen-bond donors (Lipinski definition) is 1. The van der Waals surface area contributed by atoms with Crippen LogP contribution in [0.15, 0.2) is 36.4 Å². The first-order valence-electron chi connectivity index (χ1n) is 16.5. The minimum atomic E-state index is -0.760. The SMILES string of the molecule is CCCCOC(=O)N1CCN(C(=O)[C@@H](NC(=O)c2cc(N3CC4C(CCC(=O)OC)C4C3)nc(-c3ccccc3)n2)C(C)C)CC1. The molecule has 1 aromatic carbocycles. The highest BCUT2D eigenvalue weighted by atomic mass is 16.6. The molecule has 2 saturated heterocycles. The smallest absolute Gasteiger partial charge is 0.409 e. The number of anilines is 1. The number of nitrogens with zero attached hydrogens (tertiary/aromatic N) is 5. The average molecular weight is 635 g/mol. The standard InChI is InChI=1S/C34H46N6O6/c1-5-6-18-46-34(44)39-16-14-38(15-17-39)33(43)30(22(2)3)37-32(42)27-19-28(36-31(35-27)23-10-8-7-9-11-23)40-20-25-24(26(25)21-40)12-13-29(41)45-4/h7-11,19,22,24-26,30H,5-6,12-18,20-21H2,1-4H3,(H,37,42)/t24?,25?,26?,30-/m0/s1. The van der Waals surface area contributed by atoms with Crippen molar-refractivity contribution in [3.63, 3.8) is 0 Å². The van der Waals surface area contributed by atoms with Gasteiger partial charge in [0.05, 0.1) is 13.7 Å². The van der Waals surface area contributed by atoms with E-state index in [0.717, 1.165) is 37.9 Å². The lowest BCUT2D eigenvalue weighted by atomic mass is 10.0. The third kappa shape index (κ3) is 7.76. The molecule has 0 bridgehead atoms. The summed E-state index contributed by atoms with van der Waals surface area (Å²) < 4.78 is 10.1. The van der Waals surface area contributed by atoms with Crippen molar-refractivity contribution in [2.24, 2.45) is 23.7 Å². The monoisotopic (exact) mass is 634 g/mol. The lowest BCUT2D eigenvalue weighted by Gasteiger charge is -2.36. The number of nitrogens with one attached hydrogen (secondary N) is 1. The van der Waals surface area contributed by atoms with Crippen LogP contribution in [0, 0.1) is 23.7 Å². The van der Waals surface area contributed by atoms with Crippen LogP contribution in [-0.2, 0) is 19.1 Å². The van der Waals surface area contributed by atoms with Crippen LogP contribution in [0.25, 0.3) is 11.4 Å². The van der Waals surface area contributed by atoms with Gasteiger partial charge in [-0.25, -0.2) is 14.8 Å². The van der Waals surface area contributed by atoms with Gasteiger partial charge < -0.3 is 29.5 Å². The summed E-state index contributed by atoms with van der Waals surface area (Å²) in [5.74, 6) is 1.62. The van der Waals surface area contributed by atoms with E-state index >= 15 is 0 Å². The van der Waals surface area contributed by atoms with Crippen molar-refractivity contribution in [1.82, 2.24) is 25.1 Å². The van der Waals surface area contributed by atoms with E-state index < -0.39 is 11.9 Å². The summed E-state index contributed by atoms with van der Waals surface area (Å²) in [4.78, 5) is 66.4. The molecule has 0 radical (unpaired) electrons. The second-order valence-electron chi connectivity index (χ2n) is 12.8. The quantitative estimate of drug-likeness (QED) is 0.275. The Kier molecular flexibility index (Phi) is 10.7. The Morgan fingerprint density at radius 3 is 2.28 bits per heavy atom. The molecule has 3 amide bonds. The number of aromatic nitrogens is 2. The highest BCUT2D eigenvalue weighted by Crippen LogP contribution is 2.54. The van der Waals surface area contributed by atoms with Crippen molar-refractivity contribution < 1.29 is 28.7 Å². The number of rotatable bonds is 12. The predicted molar refractivity (Wildman–Crippen MR) is 172 cm³/mol. The highest BCUT2D eigenvalue weighted by molar-refractivity contribution is 5.97. The van der Waals surface area contributed by atoms with Crippen LogP contribution in [0.4, 0.5) is 10.6 Å². The number of piperazine rings is 1. The van der Waals surface area contributed by atoms with Crippen molar-refractivity contribution in [2.45, 2.75) is 52.5 Å². The Balaban J connectivity index is 1.26. The maximum Gasteiger partial charge on any atom is 0.409 e. The van der Waals surface area contributed by atoms with Gasteiger partial charge in [0, 0.05) is 57.3 Å². The van der Waals surface area contributed by atoms with E-state index in [-0.39, 0.29) is 29.6 Å². The molecule has 1 N–H and O–H groups in total. The number of benzene rings is 1. The number of methoxy groups -OCH3 is 1. The molecule has 5 rings (SSSR count). The van der Waals surface area contributed by atoms with E-state index in [2.05, 4.69) is 15.2 Å². The molecule has 3 fully saturated rings. The number of fused-ring (bicyclic) bond motifs is 1. The predicted octanol–water partition coefficient (Wildman–Crippen LogP) is 3.61. The molecule has 2 unspecified atom stereocenters. The first kappa shape index (κ1) is 33.2. The molecule has 12 nitrogen and oxygen atoms in total. The van der Waals surface area contributed by atoms with Crippen molar-refractivity contribution >= 4 is 29.7 Å². The third-order valence-corrected chi connectivity index (χ3v) is 9.37. The van der Waals surface area contributed by atoms with Gasteiger partial charge in [-0.15, -0.1) is 0 Å². The summed E-state index contributed by atoms with van der Waals surface area (Å²) in [5, 5.41) is 2.96. The molecule has 248 valence electrons. The molecule has 3 atom stereocenters. The zero-order chi connectivity index (χ0) is 32.8. The van der Waals surface area contributed by atoms with Crippen LogP contribution in [-0.4, -0.2) is 103 Å². The number of ether oxygens (including phenoxy) is 2. The van der Waals surface area contributed by atoms with E-state index in [4.69, 9.17) is 14.5 Å². The molecule has 3 heterocycles. The summed E-state index contributed by atoms with van der Waals surface area (Å²) in [5.41, 5.74) is 0.992. The maximum absolute atomic E-state index is 13.8. The maximum atomic E-state index is 13.8. The number of hydrogen-bond acceptors (Lipinski definition) is 9. The van der Waals surface area contributed by atoms with Gasteiger partial charge in [0.15, 0.2) is 5.82 Å². The molecule has 0 spiro atoms. The molecule has 3 aliphatic rings. The van der Waals surface area contributed by atoms with Crippen LogP contribution in [0.2, 0.25) is 0 Å². The minimum absolute atomic E-state index is 0.170. The number of carbonyl (C=O) groups excluding carboxylic acids is 4. The van der Waals surface area contributed by atoms with Gasteiger partial charge in [-0.1, -0.05) is 57.5 Å². The summed E-state index contributed by atoms with van der Waals surface area (Å²) in [6.07, 6.45) is 2.67. The fourth-order valence-electron chi connectivity index (χ4n) is 6.51. The zero-order valence-electron chi connectivity index (χ0n) is 27.3. The van der Waals surface area contributed by atoms with Gasteiger partial charge in [-0.3, -0.25) is 14.4 Å². The molecular weight excluding hydrogens is 588 g/mol. The molecule has 1 aromatic heterocycles. The summed E-state index contributed by atoms with van der Waals surface area (Å²) >= 11 is 0. The van der Waals surface area contributed by atoms with Crippen molar-refractivity contribution in [2.75, 3.05) is 57.9 Å². The fraction of sp³-hybridized carbons (Fsp3) is 0.588. The fourth-order valence-corrected chi connectivity index (χ4v) is 6.51. The second kappa shape index (κ2) is 14.9. The van der Waals surface area contributed by atoms with E-state index in [9.17, 15) is 19.2 Å². The first-order chi connectivity index (χ1) is 22.2. The molecule has 1 aliphatic carbocycles. The Morgan fingerprint density at radius 2 is 1.65 bits per heavy atom. The largest absolute Gasteiger partial charge is 0.469 e. The molecule has 2 aromatic rings. The Hall–Kier alpha value is -4.22. The van der Waals surface area contributed by atoms with Gasteiger partial charge in [0.1, 0.15) is 17.6 Å². The molecule has 12 heteroatoms. The van der Waals surface area contributed by atoms with Crippen LogP contribution in [0.1, 0.15) is 56.9 Å². The summed E-state index contributed by atoms with van der Waals surface area (Å²) in [7, 11) is 1.42. The lowest BCUT2D eigenvalue weighted by Crippen LogP contribution is -2.57. The van der Waals surface area contributed by atoms with E-state index in [1.54, 1.807) is 15.9 Å². The number of piperidine rings is 1. The van der Waals surface area contributed by atoms with E-state index in [0.29, 0.717) is 68.6 Å². The van der Waals surface area contributed by atoms with E-state index in [1.807, 2.05) is 51.1 Å². The van der Waals surface area contributed by atoms with E-state index in [1.165, 1.54) is 7.11 Å². The number of amides is 3. The average Bonchev–Trinajstić information content (AvgIpc) is 3.52. The highest BCUT2D eigenvalue weighted by Gasteiger charge is 2.55. The molecule has 46 heavy (non-hydrogen) atoms. The third-order valence-electron chi connectivity index (χ3n) is 9.37. The van der Waals surface area contributed by atoms with Crippen molar-refractivity contribution in [3.05, 3.63) is 42.1 Å². The first-order valence-corrected chi connectivity index (χ1v) is 16.5. The normalized spacial score (nSPS) is 21.1. The van der Waals surface area contributed by atoms with Gasteiger partial charge >= 0.3 is 12.1 Å². The van der Waals surface area contributed by atoms with Gasteiger partial charge in [0.25, 0.3) is 5.91 Å². The minimum Gasteiger partial charge on any atom is -0.469 e. The van der Waals surface area contributed by atoms with Crippen molar-refractivity contribution in [3.8, 4) is 11.4 Å². The van der Waals surface area contributed by atoms with Gasteiger partial charge in [0.2, 0.25) is 5.91 Å². The second-order valence-corrected chi connectivity index (χ2v) is 12.8. The zero-order valence-corrected chi connectivity index (χ0v) is 27.3. The van der Waals surface area contributed by atoms with Crippen LogP contribution < -0.4 is 10.2 Å². The van der Waals surface area contributed by atoms with Gasteiger partial charge in [-0.2, -0.15) is 0 Å². The summed E-state index contributed by atoms with van der Waals surface area (Å²) in [6, 6.07) is 10.5. The number of esters is 1. The van der Waals surface area contributed by atoms with Crippen LogP contribution in [0.5, 0.6) is 0 Å². The molecular formula is C34H46N6O6. The lowest BCUT2D eigenvalue weighted by molar-refractivity contribution is -0.140. The Morgan fingerprint density at radius 1 is 0.978 bits per heavy atom. The topological polar surface area (TPSA) is 134 Å². The van der Waals surface area contributed by atoms with Crippen LogP contribution >= 0.6 is 0 Å². The summed E-state index contributed by atoms with van der Waals surface area (Å²) in [6.45, 7) is 9.33. The van der Waals surface area contributed by atoms with Gasteiger partial charge in [-0.05, 0) is 36.5 Å². The van der Waals surface area contributed by atoms with Crippen LogP contribution in [0.3, 0.4) is 0 Å². The number of carbonyl (C=O) groups is 4.